The van der Waals surface area contributed by atoms with E-state index in [1.807, 2.05) is 32.9 Å². The molecule has 2 aromatic rings. The first-order valence-corrected chi connectivity index (χ1v) is 11.2. The largest absolute Gasteiger partial charge is 0.493 e. The Labute approximate surface area is 214 Å². The molecule has 0 radical (unpaired) electrons. The zero-order valence-corrected chi connectivity index (χ0v) is 22.4. The number of nitrogens with one attached hydrogen (secondary N) is 1. The smallest absolute Gasteiger partial charge is 0.203 e. The van der Waals surface area contributed by atoms with Gasteiger partial charge in [0.05, 0.1) is 28.4 Å². The molecule has 9 heteroatoms. The summed E-state index contributed by atoms with van der Waals surface area (Å²) in [7, 11) is 6.11. The number of carbonyl (C=O) groups excluding carboxylic acids is 1. The minimum absolute atomic E-state index is 0. The molecule has 0 aliphatic heterocycles. The van der Waals surface area contributed by atoms with Crippen molar-refractivity contribution in [1.29, 1.82) is 0 Å². The molecule has 1 atom stereocenters. The Morgan fingerprint density at radius 3 is 2.03 bits per heavy atom. The van der Waals surface area contributed by atoms with Crippen LogP contribution in [0.2, 0.25) is 0 Å². The average molecular weight is 512 g/mol. The molecule has 0 amide bonds. The van der Waals surface area contributed by atoms with E-state index in [9.17, 15) is 9.90 Å². The molecular weight excluding hydrogens is 474 g/mol. The van der Waals surface area contributed by atoms with Crippen LogP contribution in [0, 0.1) is 0 Å². The molecule has 8 nitrogen and oxygen atoms in total. The fourth-order valence-corrected chi connectivity index (χ4v) is 3.30. The average Bonchev–Trinajstić information content (AvgIpc) is 2.83. The number of rotatable bonds is 13. The molecule has 2 N–H and O–H groups in total. The van der Waals surface area contributed by atoms with Crippen LogP contribution in [0.25, 0.3) is 0 Å². The summed E-state index contributed by atoms with van der Waals surface area (Å²) in [5, 5.41) is 13.5. The third-order valence-corrected chi connectivity index (χ3v) is 5.15. The number of Topliss-reactive ketones (excluding diaryl/α,β-unsaturated/α-hetero) is 1. The summed E-state index contributed by atoms with van der Waals surface area (Å²) in [4.78, 5) is 12.9. The Morgan fingerprint density at radius 2 is 1.51 bits per heavy atom. The van der Waals surface area contributed by atoms with Crippen molar-refractivity contribution in [1.82, 2.24) is 5.32 Å². The number of aliphatic hydroxyl groups excluding tert-OH is 1. The molecule has 196 valence electrons. The molecule has 0 fully saturated rings. The lowest BCUT2D eigenvalue weighted by molar-refractivity contribution is 0.0980. The summed E-state index contributed by atoms with van der Waals surface area (Å²) in [6, 6.07) is 8.84. The number of hydrogen-bond donors (Lipinski definition) is 2. The number of β-amino-alcohol motifs (C(OH)–C–C–N with tert-alkyl or cyclic N) is 1. The van der Waals surface area contributed by atoms with Crippen molar-refractivity contribution in [2.24, 2.45) is 0 Å². The Kier molecular flexibility index (Phi) is 12.2. The molecule has 0 heterocycles. The molecule has 0 aliphatic carbocycles. The number of carbonyl (C=O) groups is 1. The molecule has 2 rings (SSSR count). The number of halogens is 1. The normalized spacial score (nSPS) is 11.8. The van der Waals surface area contributed by atoms with Gasteiger partial charge in [-0.25, -0.2) is 0 Å². The predicted octanol–water partition coefficient (Wildman–Crippen LogP) is 4.09. The van der Waals surface area contributed by atoms with Crippen molar-refractivity contribution in [2.45, 2.75) is 45.3 Å². The Morgan fingerprint density at radius 1 is 0.914 bits per heavy atom. The molecule has 0 bridgehead atoms. The number of aliphatic hydroxyl groups is 1. The maximum Gasteiger partial charge on any atom is 0.203 e. The monoisotopic (exact) mass is 511 g/mol. The van der Waals surface area contributed by atoms with Crippen molar-refractivity contribution in [3.8, 4) is 28.7 Å². The van der Waals surface area contributed by atoms with Crippen molar-refractivity contribution >= 4 is 18.2 Å². The second-order valence-electron chi connectivity index (χ2n) is 8.92. The quantitative estimate of drug-likeness (QED) is 0.388. The van der Waals surface area contributed by atoms with E-state index in [-0.39, 0.29) is 36.8 Å². The van der Waals surface area contributed by atoms with Crippen LogP contribution in [-0.2, 0) is 6.42 Å². The zero-order valence-electron chi connectivity index (χ0n) is 21.6. The maximum atomic E-state index is 12.9. The molecule has 2 aromatic carbocycles. The van der Waals surface area contributed by atoms with Gasteiger partial charge in [-0.1, -0.05) is 6.07 Å². The van der Waals surface area contributed by atoms with Gasteiger partial charge in [0.15, 0.2) is 28.8 Å². The minimum atomic E-state index is -0.672. The van der Waals surface area contributed by atoms with E-state index >= 15 is 0 Å². The summed E-state index contributed by atoms with van der Waals surface area (Å²) < 4.78 is 27.2. The van der Waals surface area contributed by atoms with Gasteiger partial charge in [0, 0.05) is 24.1 Å². The van der Waals surface area contributed by atoms with E-state index in [0.717, 1.165) is 5.56 Å². The lowest BCUT2D eigenvalue weighted by atomic mass is 10.0. The van der Waals surface area contributed by atoms with Gasteiger partial charge in [0.2, 0.25) is 5.75 Å². The molecule has 35 heavy (non-hydrogen) atoms. The van der Waals surface area contributed by atoms with E-state index in [0.29, 0.717) is 47.3 Å². The van der Waals surface area contributed by atoms with Crippen LogP contribution in [0.4, 0.5) is 0 Å². The van der Waals surface area contributed by atoms with E-state index < -0.39 is 6.10 Å². The highest BCUT2D eigenvalue weighted by Crippen LogP contribution is 2.38. The number of ether oxygens (including phenoxy) is 5. The Bertz CT molecular complexity index is 934. The molecular formula is C26H38ClNO7. The minimum Gasteiger partial charge on any atom is -0.493 e. The van der Waals surface area contributed by atoms with Crippen molar-refractivity contribution in [3.63, 3.8) is 0 Å². The first-order valence-electron chi connectivity index (χ1n) is 11.2. The molecule has 0 aromatic heterocycles. The number of benzene rings is 2. The highest BCUT2D eigenvalue weighted by molar-refractivity contribution is 5.97. The second kappa shape index (κ2) is 14.0. The third kappa shape index (κ3) is 9.12. The van der Waals surface area contributed by atoms with Crippen LogP contribution < -0.4 is 29.0 Å². The molecule has 0 aliphatic rings. The van der Waals surface area contributed by atoms with E-state index in [4.69, 9.17) is 23.7 Å². The van der Waals surface area contributed by atoms with Crippen molar-refractivity contribution in [2.75, 3.05) is 41.6 Å². The van der Waals surface area contributed by atoms with E-state index in [1.54, 1.807) is 25.3 Å². The van der Waals surface area contributed by atoms with Gasteiger partial charge in [-0.2, -0.15) is 0 Å². The summed E-state index contributed by atoms with van der Waals surface area (Å²) in [5.74, 6) is 2.35. The van der Waals surface area contributed by atoms with E-state index in [2.05, 4.69) is 5.32 Å². The topological polar surface area (TPSA) is 95.5 Å². The summed E-state index contributed by atoms with van der Waals surface area (Å²) in [6.45, 7) is 6.63. The summed E-state index contributed by atoms with van der Waals surface area (Å²) in [5.41, 5.74) is 1.30. The van der Waals surface area contributed by atoms with Gasteiger partial charge in [-0.15, -0.1) is 12.4 Å². The van der Waals surface area contributed by atoms with Crippen LogP contribution in [0.1, 0.15) is 43.1 Å². The highest BCUT2D eigenvalue weighted by atomic mass is 35.5. The van der Waals surface area contributed by atoms with Gasteiger partial charge in [0.1, 0.15) is 12.7 Å². The van der Waals surface area contributed by atoms with Crippen molar-refractivity contribution in [3.05, 3.63) is 41.5 Å². The lowest BCUT2D eigenvalue weighted by Crippen LogP contribution is -2.42. The fraction of sp³-hybridized carbons (Fsp3) is 0.500. The number of ketones is 1. The molecule has 0 saturated heterocycles. The zero-order chi connectivity index (χ0) is 25.3. The van der Waals surface area contributed by atoms with Gasteiger partial charge < -0.3 is 34.1 Å². The van der Waals surface area contributed by atoms with Gasteiger partial charge in [-0.3, -0.25) is 4.79 Å². The fourth-order valence-electron chi connectivity index (χ4n) is 3.30. The van der Waals surface area contributed by atoms with Crippen LogP contribution in [0.15, 0.2) is 30.3 Å². The van der Waals surface area contributed by atoms with Gasteiger partial charge >= 0.3 is 0 Å². The number of methoxy groups -OCH3 is 4. The van der Waals surface area contributed by atoms with Crippen LogP contribution in [0.5, 0.6) is 28.7 Å². The SMILES string of the molecule is COc1ccc(CCC(=O)c2cc(OC)c(OC)c(OC)c2)cc1OCC(O)CNC(C)(C)C.Cl. The first-order chi connectivity index (χ1) is 16.1. The predicted molar refractivity (Wildman–Crippen MR) is 138 cm³/mol. The standard InChI is InChI=1S/C26H37NO7.ClH/c1-26(2,3)27-15-19(28)16-34-22-12-17(9-11-21(22)30-4)8-10-20(29)18-13-23(31-5)25(33-7)24(14-18)32-6;/h9,11-14,19,27-28H,8,10,15-16H2,1-7H3;1H. The Hall–Kier alpha value is -2.68. The van der Waals surface area contributed by atoms with Crippen LogP contribution in [-0.4, -0.2) is 64.1 Å². The van der Waals surface area contributed by atoms with Crippen molar-refractivity contribution < 1.29 is 33.6 Å². The summed E-state index contributed by atoms with van der Waals surface area (Å²) in [6.07, 6.45) is 0.112. The maximum absolute atomic E-state index is 12.9. The third-order valence-electron chi connectivity index (χ3n) is 5.15. The first kappa shape index (κ1) is 30.4. The Balaban J connectivity index is 0.00000612. The number of aryl methyl sites for hydroxylation is 1. The molecule has 0 spiro atoms. The molecule has 0 saturated carbocycles. The second-order valence-corrected chi connectivity index (χ2v) is 8.92. The molecule has 1 unspecified atom stereocenters. The highest BCUT2D eigenvalue weighted by Gasteiger charge is 2.18. The van der Waals surface area contributed by atoms with E-state index in [1.165, 1.54) is 21.3 Å². The summed E-state index contributed by atoms with van der Waals surface area (Å²) >= 11 is 0. The number of hydrogen-bond acceptors (Lipinski definition) is 8. The van der Waals surface area contributed by atoms with Gasteiger partial charge in [0.25, 0.3) is 0 Å². The lowest BCUT2D eigenvalue weighted by Gasteiger charge is -2.23. The van der Waals surface area contributed by atoms with Crippen LogP contribution >= 0.6 is 12.4 Å². The van der Waals surface area contributed by atoms with Crippen LogP contribution in [0.3, 0.4) is 0 Å². The van der Waals surface area contributed by atoms with Gasteiger partial charge in [-0.05, 0) is 57.0 Å².